The lowest BCUT2D eigenvalue weighted by Gasteiger charge is -2.11. The summed E-state index contributed by atoms with van der Waals surface area (Å²) in [4.78, 5) is 23.5. The molecule has 0 aliphatic heterocycles. The fraction of sp³-hybridized carbons (Fsp3) is 0. The van der Waals surface area contributed by atoms with Gasteiger partial charge in [0.1, 0.15) is 5.75 Å². The van der Waals surface area contributed by atoms with Gasteiger partial charge in [-0.3, -0.25) is 14.8 Å². The molecule has 34 heavy (non-hydrogen) atoms. The predicted octanol–water partition coefficient (Wildman–Crippen LogP) is 5.07. The van der Waals surface area contributed by atoms with Crippen LogP contribution in [0.1, 0.15) is 0 Å². The van der Waals surface area contributed by atoms with Crippen LogP contribution in [0.4, 0.5) is 16.0 Å². The van der Waals surface area contributed by atoms with Gasteiger partial charge in [-0.25, -0.2) is 9.37 Å². The van der Waals surface area contributed by atoms with E-state index >= 15 is 0 Å². The third-order valence-electron chi connectivity index (χ3n) is 5.10. The van der Waals surface area contributed by atoms with Crippen LogP contribution >= 0.6 is 0 Å². The molecule has 0 aliphatic rings. The Bertz CT molecular complexity index is 1570. The van der Waals surface area contributed by atoms with E-state index in [1.54, 1.807) is 6.07 Å². The molecule has 0 saturated carbocycles. The van der Waals surface area contributed by atoms with Gasteiger partial charge < -0.3 is 20.3 Å². The molecule has 0 aliphatic carbocycles. The van der Waals surface area contributed by atoms with Crippen molar-refractivity contribution in [3.05, 3.63) is 95.3 Å². The van der Waals surface area contributed by atoms with E-state index in [9.17, 15) is 19.4 Å². The van der Waals surface area contributed by atoms with Crippen LogP contribution in [0.5, 0.6) is 23.0 Å². The van der Waals surface area contributed by atoms with Gasteiger partial charge in [-0.15, -0.1) is 0 Å². The maximum absolute atomic E-state index is 14.9. The molecular weight excluding hydrogens is 439 g/mol. The third-order valence-corrected chi connectivity index (χ3v) is 5.10. The van der Waals surface area contributed by atoms with Gasteiger partial charge in [-0.1, -0.05) is 24.3 Å². The number of aromatic amines is 1. The molecule has 2 heterocycles. The van der Waals surface area contributed by atoms with Crippen LogP contribution in [0.25, 0.3) is 22.0 Å². The number of ether oxygens (including phenoxy) is 1. The van der Waals surface area contributed by atoms with Gasteiger partial charge in [-0.05, 0) is 42.0 Å². The minimum absolute atomic E-state index is 0.0874. The summed E-state index contributed by atoms with van der Waals surface area (Å²) in [5, 5.41) is 22.9. The summed E-state index contributed by atoms with van der Waals surface area (Å²) in [5.74, 6) is -0.955. The van der Waals surface area contributed by atoms with Gasteiger partial charge in [0.05, 0.1) is 11.1 Å². The molecule has 0 atom stereocenters. The van der Waals surface area contributed by atoms with Crippen molar-refractivity contribution in [3.63, 3.8) is 0 Å². The highest BCUT2D eigenvalue weighted by Crippen LogP contribution is 2.36. The first kappa shape index (κ1) is 21.0. The lowest BCUT2D eigenvalue weighted by atomic mass is 10.1. The van der Waals surface area contributed by atoms with Crippen molar-refractivity contribution in [2.75, 3.05) is 5.32 Å². The molecule has 8 nitrogen and oxygen atoms in total. The standard InChI is InChI=1S/C25H17FN4O4/c26-18-10-14(17-13-28-25(30-24(17)33)29-15-4-2-1-3-5-15)6-7-23(18)34-22-8-9-27-19-12-21(32)20(31)11-16(19)22/h1-13,31-32H,(H2,28,29,30,33). The molecule has 0 amide bonds. The number of anilines is 2. The Kier molecular flexibility index (Phi) is 5.27. The SMILES string of the molecule is O=c1[nH]c(Nc2ccccc2)ncc1-c1ccc(Oc2ccnc3cc(O)c(O)cc23)c(F)c1. The number of phenolic OH excluding ortho intramolecular Hbond substituents is 2. The fourth-order valence-corrected chi connectivity index (χ4v) is 3.43. The smallest absolute Gasteiger partial charge is 0.260 e. The van der Waals surface area contributed by atoms with Crippen LogP contribution in [0, 0.1) is 5.82 Å². The molecule has 2 aromatic heterocycles. The van der Waals surface area contributed by atoms with E-state index in [0.29, 0.717) is 16.5 Å². The van der Waals surface area contributed by atoms with Gasteiger partial charge in [0.25, 0.3) is 5.56 Å². The number of aromatic nitrogens is 3. The second-order valence-corrected chi connectivity index (χ2v) is 7.38. The number of rotatable bonds is 5. The third kappa shape index (κ3) is 4.09. The van der Waals surface area contributed by atoms with E-state index in [1.165, 1.54) is 42.7 Å². The largest absolute Gasteiger partial charge is 0.504 e. The second-order valence-electron chi connectivity index (χ2n) is 7.38. The second kappa shape index (κ2) is 8.55. The average molecular weight is 456 g/mol. The molecule has 4 N–H and O–H groups in total. The number of halogens is 1. The number of fused-ring (bicyclic) bond motifs is 1. The van der Waals surface area contributed by atoms with Crippen molar-refractivity contribution in [2.45, 2.75) is 0 Å². The van der Waals surface area contributed by atoms with Crippen molar-refractivity contribution < 1.29 is 19.3 Å². The van der Waals surface area contributed by atoms with E-state index in [-0.39, 0.29) is 34.5 Å². The summed E-state index contributed by atoms with van der Waals surface area (Å²) in [6, 6.07) is 17.4. The zero-order chi connectivity index (χ0) is 23.7. The summed E-state index contributed by atoms with van der Waals surface area (Å²) in [6.07, 6.45) is 2.81. The van der Waals surface area contributed by atoms with Gasteiger partial charge in [-0.2, -0.15) is 0 Å². The fourth-order valence-electron chi connectivity index (χ4n) is 3.43. The number of phenols is 2. The maximum Gasteiger partial charge on any atom is 0.260 e. The zero-order valence-electron chi connectivity index (χ0n) is 17.5. The lowest BCUT2D eigenvalue weighted by molar-refractivity contribution is 0.404. The predicted molar refractivity (Wildman–Crippen MR) is 125 cm³/mol. The topological polar surface area (TPSA) is 120 Å². The summed E-state index contributed by atoms with van der Waals surface area (Å²) in [7, 11) is 0. The first-order valence-electron chi connectivity index (χ1n) is 10.2. The number of nitrogens with one attached hydrogen (secondary N) is 2. The number of benzene rings is 3. The summed E-state index contributed by atoms with van der Waals surface area (Å²) in [5.41, 5.74) is 1.22. The number of nitrogens with zero attached hydrogens (tertiary/aromatic N) is 2. The molecule has 0 spiro atoms. The molecule has 0 bridgehead atoms. The van der Waals surface area contributed by atoms with Crippen LogP contribution in [0.3, 0.4) is 0 Å². The normalized spacial score (nSPS) is 10.9. The highest BCUT2D eigenvalue weighted by Gasteiger charge is 2.14. The average Bonchev–Trinajstić information content (AvgIpc) is 2.82. The molecule has 9 heteroatoms. The minimum Gasteiger partial charge on any atom is -0.504 e. The molecule has 5 rings (SSSR count). The van der Waals surface area contributed by atoms with E-state index in [0.717, 1.165) is 5.69 Å². The number of para-hydroxylation sites is 1. The molecule has 0 saturated heterocycles. The monoisotopic (exact) mass is 456 g/mol. The van der Waals surface area contributed by atoms with Crippen molar-refractivity contribution in [2.24, 2.45) is 0 Å². The molecular formula is C25H17FN4O4. The van der Waals surface area contributed by atoms with Crippen molar-refractivity contribution in [3.8, 4) is 34.1 Å². The first-order valence-corrected chi connectivity index (χ1v) is 10.2. The minimum atomic E-state index is -0.698. The number of H-pyrrole nitrogens is 1. The van der Waals surface area contributed by atoms with Crippen molar-refractivity contribution in [1.29, 1.82) is 0 Å². The quantitative estimate of drug-likeness (QED) is 0.273. The number of aromatic hydroxyl groups is 2. The Morgan fingerprint density at radius 1 is 0.912 bits per heavy atom. The van der Waals surface area contributed by atoms with Crippen molar-refractivity contribution in [1.82, 2.24) is 15.0 Å². The first-order chi connectivity index (χ1) is 16.5. The van der Waals surface area contributed by atoms with Crippen molar-refractivity contribution >= 4 is 22.5 Å². The van der Waals surface area contributed by atoms with Crippen LogP contribution in [0.15, 0.2) is 83.9 Å². The Morgan fingerprint density at radius 2 is 1.71 bits per heavy atom. The summed E-state index contributed by atoms with van der Waals surface area (Å²) < 4.78 is 20.6. The van der Waals surface area contributed by atoms with Crippen LogP contribution in [-0.4, -0.2) is 25.2 Å². The maximum atomic E-state index is 14.9. The van der Waals surface area contributed by atoms with Gasteiger partial charge in [0.15, 0.2) is 23.1 Å². The molecule has 168 valence electrons. The molecule has 0 radical (unpaired) electrons. The van der Waals surface area contributed by atoms with E-state index in [1.807, 2.05) is 30.3 Å². The van der Waals surface area contributed by atoms with Crippen LogP contribution < -0.4 is 15.6 Å². The molecule has 0 unspecified atom stereocenters. The highest BCUT2D eigenvalue weighted by atomic mass is 19.1. The molecule has 0 fully saturated rings. The Labute approximate surface area is 192 Å². The van der Waals surface area contributed by atoms with Crippen LogP contribution in [-0.2, 0) is 0 Å². The van der Waals surface area contributed by atoms with E-state index in [4.69, 9.17) is 4.74 Å². The highest BCUT2D eigenvalue weighted by molar-refractivity contribution is 5.88. The molecule has 3 aromatic carbocycles. The Hall–Kier alpha value is -4.92. The number of pyridine rings is 1. The Balaban J connectivity index is 1.42. The van der Waals surface area contributed by atoms with Crippen LogP contribution in [0.2, 0.25) is 0 Å². The lowest BCUT2D eigenvalue weighted by Crippen LogP contribution is -2.12. The summed E-state index contributed by atoms with van der Waals surface area (Å²) >= 11 is 0. The van der Waals surface area contributed by atoms with Gasteiger partial charge in [0.2, 0.25) is 5.95 Å². The van der Waals surface area contributed by atoms with Gasteiger partial charge in [0, 0.05) is 29.5 Å². The summed E-state index contributed by atoms with van der Waals surface area (Å²) in [6.45, 7) is 0. The zero-order valence-corrected chi connectivity index (χ0v) is 17.5. The number of hydrogen-bond acceptors (Lipinski definition) is 7. The number of hydrogen-bond donors (Lipinski definition) is 4. The Morgan fingerprint density at radius 3 is 2.47 bits per heavy atom. The van der Waals surface area contributed by atoms with Gasteiger partial charge >= 0.3 is 0 Å². The van der Waals surface area contributed by atoms with E-state index in [2.05, 4.69) is 20.3 Å². The van der Waals surface area contributed by atoms with E-state index < -0.39 is 11.4 Å². The molecule has 5 aromatic rings.